The summed E-state index contributed by atoms with van der Waals surface area (Å²) in [6.07, 6.45) is 1.88. The molecule has 4 rings (SSSR count). The van der Waals surface area contributed by atoms with E-state index in [-0.39, 0.29) is 28.5 Å². The first-order valence-corrected chi connectivity index (χ1v) is 9.63. The summed E-state index contributed by atoms with van der Waals surface area (Å²) < 4.78 is 30.0. The fourth-order valence-corrected chi connectivity index (χ4v) is 5.69. The molecule has 0 radical (unpaired) electrons. The Hall–Kier alpha value is -1.71. The zero-order chi connectivity index (χ0) is 17.2. The van der Waals surface area contributed by atoms with Crippen molar-refractivity contribution in [1.29, 1.82) is 0 Å². The van der Waals surface area contributed by atoms with Crippen LogP contribution in [0, 0.1) is 5.92 Å². The molecule has 0 saturated heterocycles. The van der Waals surface area contributed by atoms with Gasteiger partial charge in [0.25, 0.3) is 10.0 Å². The maximum atomic E-state index is 12.6. The molecule has 2 aromatic rings. The smallest absolute Gasteiger partial charge is 0.340 e. The van der Waals surface area contributed by atoms with Gasteiger partial charge in [0.15, 0.2) is 5.03 Å². The van der Waals surface area contributed by atoms with Crippen LogP contribution in [-0.4, -0.2) is 35.3 Å². The van der Waals surface area contributed by atoms with Crippen LogP contribution < -0.4 is 4.72 Å². The van der Waals surface area contributed by atoms with Crippen molar-refractivity contribution in [3.05, 3.63) is 45.6 Å². The maximum absolute atomic E-state index is 12.6. The van der Waals surface area contributed by atoms with Crippen LogP contribution in [0.25, 0.3) is 0 Å². The fraction of sp³-hybridized carbons (Fsp3) is 0.333. The molecule has 3 atom stereocenters. The van der Waals surface area contributed by atoms with Crippen molar-refractivity contribution in [3.8, 4) is 0 Å². The van der Waals surface area contributed by atoms with Crippen LogP contribution in [0.4, 0.5) is 0 Å². The first kappa shape index (κ1) is 15.8. The minimum Gasteiger partial charge on any atom is -0.478 e. The Bertz CT molecular complexity index is 969. The fourth-order valence-electron chi connectivity index (χ4n) is 3.67. The average molecular weight is 412 g/mol. The van der Waals surface area contributed by atoms with Crippen molar-refractivity contribution in [1.82, 2.24) is 14.5 Å². The molecule has 1 fully saturated rings. The van der Waals surface area contributed by atoms with Crippen LogP contribution in [-0.2, 0) is 23.5 Å². The Balaban J connectivity index is 1.61. The SMILES string of the molecule is Cn1ncc(C(=O)O)c1S(=O)(=O)N[C@@H]1[C@H]2Cc3cc(Br)ccc3[C@H]21. The third kappa shape index (κ3) is 2.30. The number of halogens is 1. The molecule has 126 valence electrons. The minimum atomic E-state index is -3.95. The number of aromatic carboxylic acids is 1. The molecule has 2 N–H and O–H groups in total. The Morgan fingerprint density at radius 3 is 2.92 bits per heavy atom. The molecule has 1 aromatic carbocycles. The Morgan fingerprint density at radius 1 is 1.46 bits per heavy atom. The highest BCUT2D eigenvalue weighted by atomic mass is 79.9. The second-order valence-corrected chi connectivity index (χ2v) is 8.72. The molecular formula is C15H14BrN3O4S. The van der Waals surface area contributed by atoms with Crippen LogP contribution in [0.1, 0.15) is 27.4 Å². The first-order valence-electron chi connectivity index (χ1n) is 7.35. The number of benzene rings is 1. The predicted molar refractivity (Wildman–Crippen MR) is 88.4 cm³/mol. The van der Waals surface area contributed by atoms with Gasteiger partial charge in [-0.15, -0.1) is 0 Å². The molecule has 0 unspecified atom stereocenters. The third-order valence-corrected chi connectivity index (χ3v) is 6.82. The van der Waals surface area contributed by atoms with E-state index < -0.39 is 16.0 Å². The number of carboxylic acids is 1. The summed E-state index contributed by atoms with van der Waals surface area (Å²) in [5.41, 5.74) is 2.08. The van der Waals surface area contributed by atoms with Crippen molar-refractivity contribution < 1.29 is 18.3 Å². The number of aryl methyl sites for hydroxylation is 1. The zero-order valence-corrected chi connectivity index (χ0v) is 15.0. The highest BCUT2D eigenvalue weighted by Crippen LogP contribution is 2.57. The highest BCUT2D eigenvalue weighted by molar-refractivity contribution is 9.10. The minimum absolute atomic E-state index is 0.157. The summed E-state index contributed by atoms with van der Waals surface area (Å²) in [6, 6.07) is 5.84. The topological polar surface area (TPSA) is 101 Å². The van der Waals surface area contributed by atoms with Gasteiger partial charge in [0.05, 0.1) is 6.20 Å². The van der Waals surface area contributed by atoms with E-state index in [1.807, 2.05) is 12.1 Å². The average Bonchev–Trinajstić information content (AvgIpc) is 2.85. The van der Waals surface area contributed by atoms with E-state index >= 15 is 0 Å². The van der Waals surface area contributed by atoms with Crippen molar-refractivity contribution >= 4 is 31.9 Å². The van der Waals surface area contributed by atoms with Gasteiger partial charge in [-0.1, -0.05) is 22.0 Å². The van der Waals surface area contributed by atoms with Crippen LogP contribution in [0.2, 0.25) is 0 Å². The molecule has 24 heavy (non-hydrogen) atoms. The van der Waals surface area contributed by atoms with Crippen molar-refractivity contribution in [2.45, 2.75) is 23.4 Å². The van der Waals surface area contributed by atoms with Crippen molar-refractivity contribution in [2.75, 3.05) is 0 Å². The molecule has 2 aliphatic carbocycles. The second-order valence-electron chi connectivity index (χ2n) is 6.18. The van der Waals surface area contributed by atoms with Crippen LogP contribution in [0.15, 0.2) is 33.9 Å². The lowest BCUT2D eigenvalue weighted by Gasteiger charge is -2.11. The normalized spacial score (nSPS) is 24.5. The van der Waals surface area contributed by atoms with Gasteiger partial charge in [-0.05, 0) is 35.6 Å². The molecule has 0 amide bonds. The van der Waals surface area contributed by atoms with E-state index in [9.17, 15) is 13.2 Å². The molecule has 9 heteroatoms. The van der Waals surface area contributed by atoms with Crippen molar-refractivity contribution in [3.63, 3.8) is 0 Å². The van der Waals surface area contributed by atoms with Gasteiger partial charge in [0, 0.05) is 23.5 Å². The number of carbonyl (C=O) groups is 1. The third-order valence-electron chi connectivity index (χ3n) is 4.75. The summed E-state index contributed by atoms with van der Waals surface area (Å²) in [5.74, 6) is -0.926. The Labute approximate surface area is 146 Å². The number of nitrogens with one attached hydrogen (secondary N) is 1. The Kier molecular flexibility index (Phi) is 3.38. The summed E-state index contributed by atoms with van der Waals surface area (Å²) in [4.78, 5) is 11.2. The summed E-state index contributed by atoms with van der Waals surface area (Å²) in [6.45, 7) is 0. The summed E-state index contributed by atoms with van der Waals surface area (Å²) >= 11 is 3.44. The molecule has 0 aliphatic heterocycles. The lowest BCUT2D eigenvalue weighted by Crippen LogP contribution is -2.31. The number of hydrogen-bond acceptors (Lipinski definition) is 4. The quantitative estimate of drug-likeness (QED) is 0.793. The van der Waals surface area contributed by atoms with E-state index in [0.717, 1.165) is 21.8 Å². The van der Waals surface area contributed by atoms with E-state index in [0.29, 0.717) is 0 Å². The number of nitrogens with zero attached hydrogens (tertiary/aromatic N) is 2. The molecule has 1 aromatic heterocycles. The van der Waals surface area contributed by atoms with Gasteiger partial charge >= 0.3 is 5.97 Å². The van der Waals surface area contributed by atoms with E-state index in [4.69, 9.17) is 5.11 Å². The largest absolute Gasteiger partial charge is 0.478 e. The number of rotatable bonds is 4. The van der Waals surface area contributed by atoms with E-state index in [1.54, 1.807) is 0 Å². The van der Waals surface area contributed by atoms with Gasteiger partial charge in [0.1, 0.15) is 5.56 Å². The number of hydrogen-bond donors (Lipinski definition) is 2. The monoisotopic (exact) mass is 411 g/mol. The van der Waals surface area contributed by atoms with E-state index in [2.05, 4.69) is 31.8 Å². The van der Waals surface area contributed by atoms with Crippen LogP contribution in [0.3, 0.4) is 0 Å². The van der Waals surface area contributed by atoms with Gasteiger partial charge in [0.2, 0.25) is 0 Å². The highest BCUT2D eigenvalue weighted by Gasteiger charge is 2.57. The van der Waals surface area contributed by atoms with Crippen LogP contribution in [0.5, 0.6) is 0 Å². The zero-order valence-electron chi connectivity index (χ0n) is 12.6. The molecule has 1 heterocycles. The first-order chi connectivity index (χ1) is 11.3. The van der Waals surface area contributed by atoms with Crippen LogP contribution >= 0.6 is 15.9 Å². The number of carboxylic acid groups (broad SMARTS) is 1. The van der Waals surface area contributed by atoms with Gasteiger partial charge in [-0.3, -0.25) is 4.68 Å². The maximum Gasteiger partial charge on any atom is 0.340 e. The van der Waals surface area contributed by atoms with E-state index in [1.165, 1.54) is 18.2 Å². The van der Waals surface area contributed by atoms with Gasteiger partial charge in [-0.25, -0.2) is 17.9 Å². The Morgan fingerprint density at radius 2 is 2.21 bits per heavy atom. The lowest BCUT2D eigenvalue weighted by molar-refractivity contribution is 0.0692. The van der Waals surface area contributed by atoms with Crippen molar-refractivity contribution in [2.24, 2.45) is 13.0 Å². The molecule has 0 spiro atoms. The summed E-state index contributed by atoms with van der Waals surface area (Å²) in [5, 5.41) is 12.6. The molecule has 2 aliphatic rings. The molecule has 7 nitrogen and oxygen atoms in total. The standard InChI is InChI=1S/C15H14BrN3O4S/c1-19-14(11(6-17-19)15(20)21)24(22,23)18-13-10-5-7-4-8(16)2-3-9(7)12(10)13/h2-4,6,10,12-13,18H,5H2,1H3,(H,20,21)/t10-,12+,13+/m0/s1. The second kappa shape index (κ2) is 5.14. The van der Waals surface area contributed by atoms with Gasteiger partial charge < -0.3 is 5.11 Å². The molecule has 0 bridgehead atoms. The molecule has 1 saturated carbocycles. The predicted octanol–water partition coefficient (Wildman–Crippen LogP) is 1.50. The summed E-state index contributed by atoms with van der Waals surface area (Å²) in [7, 11) is -2.53. The molecular weight excluding hydrogens is 398 g/mol. The number of fused-ring (bicyclic) bond motifs is 3. The number of aromatic nitrogens is 2. The lowest BCUT2D eigenvalue weighted by atomic mass is 10.1. The number of sulfonamides is 1. The van der Waals surface area contributed by atoms with Gasteiger partial charge in [-0.2, -0.15) is 5.10 Å².